The number of anilines is 2. The highest BCUT2D eigenvalue weighted by atomic mass is 16.3. The van der Waals surface area contributed by atoms with Crippen LogP contribution in [0.2, 0.25) is 0 Å². The molecule has 1 atom stereocenters. The quantitative estimate of drug-likeness (QED) is 0.215. The largest absolute Gasteiger partial charge is 0.435 e. The van der Waals surface area contributed by atoms with Crippen molar-refractivity contribution in [1.82, 2.24) is 24.8 Å². The molecule has 2 aromatic carbocycles. The molecule has 224 valence electrons. The molecular formula is C35H26N8O3. The van der Waals surface area contributed by atoms with E-state index in [2.05, 4.69) is 37.3 Å². The molecule has 0 bridgehead atoms. The molecule has 1 fully saturated rings. The number of oxazole rings is 1. The van der Waals surface area contributed by atoms with Crippen LogP contribution in [0, 0.1) is 29.6 Å². The number of β-amino-alcohol motifs (C(OH)–C–C–N with tert-alkyl or cyclic N) is 1. The van der Waals surface area contributed by atoms with Gasteiger partial charge in [-0.25, -0.2) is 9.97 Å². The van der Waals surface area contributed by atoms with Gasteiger partial charge in [-0.15, -0.1) is 0 Å². The molecule has 2 N–H and O–H groups in total. The van der Waals surface area contributed by atoms with Crippen molar-refractivity contribution in [2.45, 2.75) is 26.0 Å². The summed E-state index contributed by atoms with van der Waals surface area (Å²) in [6.45, 7) is 4.19. The number of benzene rings is 2. The number of aromatic nitrogens is 4. The zero-order valence-corrected chi connectivity index (χ0v) is 24.7. The number of rotatable bonds is 7. The summed E-state index contributed by atoms with van der Waals surface area (Å²) in [5.41, 5.74) is 6.31. The van der Waals surface area contributed by atoms with Gasteiger partial charge >= 0.3 is 0 Å². The molecule has 1 saturated heterocycles. The van der Waals surface area contributed by atoms with Crippen molar-refractivity contribution in [2.75, 3.05) is 18.4 Å². The molecule has 0 saturated carbocycles. The fourth-order valence-electron chi connectivity index (χ4n) is 5.93. The number of nitriles is 2. The van der Waals surface area contributed by atoms with Gasteiger partial charge in [0.1, 0.15) is 29.5 Å². The van der Waals surface area contributed by atoms with Gasteiger partial charge in [0.15, 0.2) is 11.4 Å². The molecule has 7 rings (SSSR count). The number of hydrogen-bond donors (Lipinski definition) is 2. The number of pyridine rings is 3. The van der Waals surface area contributed by atoms with E-state index in [0.717, 1.165) is 52.8 Å². The first-order valence-corrected chi connectivity index (χ1v) is 14.7. The first-order valence-electron chi connectivity index (χ1n) is 14.7. The van der Waals surface area contributed by atoms with Crippen LogP contribution < -0.4 is 5.32 Å². The number of fused-ring (bicyclic) bond motifs is 2. The van der Waals surface area contributed by atoms with Crippen LogP contribution in [-0.4, -0.2) is 55.4 Å². The van der Waals surface area contributed by atoms with E-state index >= 15 is 0 Å². The number of likely N-dealkylation sites (tertiary alicyclic amines) is 1. The predicted octanol–water partition coefficient (Wildman–Crippen LogP) is 5.67. The van der Waals surface area contributed by atoms with Crippen LogP contribution in [0.1, 0.15) is 39.0 Å². The lowest BCUT2D eigenvalue weighted by molar-refractivity contribution is 0.112. The smallest absolute Gasteiger partial charge is 0.228 e. The number of carbonyl (C=O) groups is 1. The molecule has 1 unspecified atom stereocenters. The molecule has 1 aliphatic heterocycles. The van der Waals surface area contributed by atoms with Gasteiger partial charge in [0, 0.05) is 60.4 Å². The van der Waals surface area contributed by atoms with Gasteiger partial charge < -0.3 is 14.8 Å². The zero-order valence-electron chi connectivity index (χ0n) is 24.7. The van der Waals surface area contributed by atoms with Gasteiger partial charge in [-0.1, -0.05) is 12.1 Å². The Morgan fingerprint density at radius 2 is 1.96 bits per heavy atom. The summed E-state index contributed by atoms with van der Waals surface area (Å²) in [7, 11) is 0. The Morgan fingerprint density at radius 3 is 2.74 bits per heavy atom. The third kappa shape index (κ3) is 5.20. The van der Waals surface area contributed by atoms with Crippen LogP contribution in [0.25, 0.3) is 44.7 Å². The molecular weight excluding hydrogens is 580 g/mol. The minimum Gasteiger partial charge on any atom is -0.435 e. The van der Waals surface area contributed by atoms with Crippen LogP contribution in [0.5, 0.6) is 0 Å². The third-order valence-electron chi connectivity index (χ3n) is 8.21. The van der Waals surface area contributed by atoms with Gasteiger partial charge in [0.05, 0.1) is 28.5 Å². The van der Waals surface area contributed by atoms with E-state index in [1.165, 1.54) is 6.07 Å². The topological polar surface area (TPSA) is 165 Å². The number of aldehydes is 1. The maximum Gasteiger partial charge on any atom is 0.228 e. The lowest BCUT2D eigenvalue weighted by atomic mass is 9.97. The van der Waals surface area contributed by atoms with Crippen molar-refractivity contribution in [1.29, 1.82) is 10.5 Å². The van der Waals surface area contributed by atoms with Crippen LogP contribution in [0.3, 0.4) is 0 Å². The lowest BCUT2D eigenvalue weighted by Gasteiger charge is -2.16. The van der Waals surface area contributed by atoms with E-state index in [9.17, 15) is 20.4 Å². The van der Waals surface area contributed by atoms with Crippen molar-refractivity contribution in [3.63, 3.8) is 0 Å². The Bertz CT molecular complexity index is 2250. The molecule has 1 aliphatic rings. The van der Waals surface area contributed by atoms with E-state index in [0.29, 0.717) is 41.0 Å². The van der Waals surface area contributed by atoms with Gasteiger partial charge in [0.25, 0.3) is 0 Å². The molecule has 11 nitrogen and oxygen atoms in total. The van der Waals surface area contributed by atoms with E-state index in [4.69, 9.17) is 9.40 Å². The highest BCUT2D eigenvalue weighted by molar-refractivity contribution is 5.92. The van der Waals surface area contributed by atoms with Crippen molar-refractivity contribution >= 4 is 39.8 Å². The maximum atomic E-state index is 11.4. The van der Waals surface area contributed by atoms with E-state index in [1.807, 2.05) is 43.5 Å². The molecule has 0 aliphatic carbocycles. The second kappa shape index (κ2) is 11.8. The van der Waals surface area contributed by atoms with E-state index in [1.54, 1.807) is 24.5 Å². The predicted molar refractivity (Wildman–Crippen MR) is 171 cm³/mol. The number of hydrogen-bond acceptors (Lipinski definition) is 11. The standard InChI is InChI=1S/C35H26N8O3/c1-20-26(32-28(15-37)27(6-9-38-32)35-42-30-13-21(19-44)11-24(14-36)33(30)46-35)3-2-4-29(20)41-34-31-23(5-8-39-34)12-22(16-40-31)17-43-10-7-25(45)18-43/h2-6,8-9,11-13,16,19,25,45H,7,10,17-18H2,1H3,(H,39,41). The first-order chi connectivity index (χ1) is 22.4. The summed E-state index contributed by atoms with van der Waals surface area (Å²) in [6, 6.07) is 18.7. The number of aliphatic hydroxyl groups excluding tert-OH is 1. The molecule has 46 heavy (non-hydrogen) atoms. The van der Waals surface area contributed by atoms with Gasteiger partial charge in [-0.3, -0.25) is 19.7 Å². The van der Waals surface area contributed by atoms with Crippen molar-refractivity contribution in [3.8, 4) is 34.8 Å². The minimum atomic E-state index is -0.272. The van der Waals surface area contributed by atoms with Gasteiger partial charge in [0.2, 0.25) is 5.89 Å². The Hall–Kier alpha value is -6.01. The highest BCUT2D eigenvalue weighted by Gasteiger charge is 2.22. The normalized spacial score (nSPS) is 14.7. The van der Waals surface area contributed by atoms with Crippen LogP contribution in [-0.2, 0) is 6.54 Å². The second-order valence-electron chi connectivity index (χ2n) is 11.2. The average molecular weight is 607 g/mol. The highest BCUT2D eigenvalue weighted by Crippen LogP contribution is 2.36. The molecule has 4 aromatic heterocycles. The van der Waals surface area contributed by atoms with Crippen LogP contribution in [0.4, 0.5) is 11.5 Å². The number of nitrogens with zero attached hydrogens (tertiary/aromatic N) is 7. The molecule has 6 aromatic rings. The van der Waals surface area contributed by atoms with Gasteiger partial charge in [-0.2, -0.15) is 10.5 Å². The first kappa shape index (κ1) is 28.7. The van der Waals surface area contributed by atoms with Crippen molar-refractivity contribution in [2.24, 2.45) is 0 Å². The Kier molecular flexibility index (Phi) is 7.39. The Labute approximate surface area is 263 Å². The Balaban J connectivity index is 1.23. The lowest BCUT2D eigenvalue weighted by Crippen LogP contribution is -2.21. The molecule has 0 spiro atoms. The van der Waals surface area contributed by atoms with Gasteiger partial charge in [-0.05, 0) is 60.9 Å². The fraction of sp³-hybridized carbons (Fsp3) is 0.171. The van der Waals surface area contributed by atoms with Crippen molar-refractivity contribution < 1.29 is 14.3 Å². The summed E-state index contributed by atoms with van der Waals surface area (Å²) in [5.74, 6) is 0.741. The zero-order chi connectivity index (χ0) is 31.8. The molecule has 11 heteroatoms. The molecule has 0 radical (unpaired) electrons. The maximum absolute atomic E-state index is 11.4. The number of nitrogens with one attached hydrogen (secondary N) is 1. The second-order valence-corrected chi connectivity index (χ2v) is 11.2. The van der Waals surface area contributed by atoms with Crippen LogP contribution in [0.15, 0.2) is 71.5 Å². The van der Waals surface area contributed by atoms with Crippen molar-refractivity contribution in [3.05, 3.63) is 94.9 Å². The third-order valence-corrected chi connectivity index (χ3v) is 8.21. The number of carbonyl (C=O) groups excluding carboxylic acids is 1. The van der Waals surface area contributed by atoms with Crippen LogP contribution >= 0.6 is 0 Å². The average Bonchev–Trinajstić information content (AvgIpc) is 3.70. The Morgan fingerprint density at radius 1 is 1.09 bits per heavy atom. The summed E-state index contributed by atoms with van der Waals surface area (Å²) < 4.78 is 5.96. The fourth-order valence-corrected chi connectivity index (χ4v) is 5.93. The summed E-state index contributed by atoms with van der Waals surface area (Å²) in [4.78, 5) is 32.0. The monoisotopic (exact) mass is 606 g/mol. The van der Waals surface area contributed by atoms with E-state index in [-0.39, 0.29) is 28.7 Å². The summed E-state index contributed by atoms with van der Waals surface area (Å²) in [5, 5.41) is 34.1. The number of aliphatic hydroxyl groups is 1. The van der Waals surface area contributed by atoms with E-state index < -0.39 is 0 Å². The molecule has 5 heterocycles. The molecule has 0 amide bonds. The summed E-state index contributed by atoms with van der Waals surface area (Å²) >= 11 is 0. The minimum absolute atomic E-state index is 0.146. The SMILES string of the molecule is Cc1c(Nc2nccc3cc(CN4CCC(O)C4)cnc23)cccc1-c1nccc(-c2nc3cc(C=O)cc(C#N)c3o2)c1C#N. The summed E-state index contributed by atoms with van der Waals surface area (Å²) in [6.07, 6.45) is 6.33.